The van der Waals surface area contributed by atoms with E-state index in [2.05, 4.69) is 11.5 Å². The van der Waals surface area contributed by atoms with Gasteiger partial charge in [-0.1, -0.05) is 12.7 Å². The highest BCUT2D eigenvalue weighted by molar-refractivity contribution is 5.55. The molecule has 1 aromatic rings. The molecule has 0 bridgehead atoms. The van der Waals surface area contributed by atoms with Gasteiger partial charge >= 0.3 is 0 Å². The first-order chi connectivity index (χ1) is 11.6. The number of ether oxygens (including phenoxy) is 1. The SMILES string of the molecule is C=Cc1ccc([N+](=O)[O-])c(C2CC(N)CCN2C2CCOCC2)c1. The van der Waals surface area contributed by atoms with Crippen LogP contribution in [0.3, 0.4) is 0 Å². The average molecular weight is 331 g/mol. The number of nitrogens with zero attached hydrogens (tertiary/aromatic N) is 2. The molecule has 2 heterocycles. The van der Waals surface area contributed by atoms with Crippen molar-refractivity contribution in [3.8, 4) is 0 Å². The smallest absolute Gasteiger partial charge is 0.274 e. The molecular formula is C18H25N3O3. The van der Waals surface area contributed by atoms with Crippen LogP contribution in [0, 0.1) is 10.1 Å². The molecular weight excluding hydrogens is 306 g/mol. The Labute approximate surface area is 142 Å². The molecule has 0 spiro atoms. The Kier molecular flexibility index (Phi) is 5.28. The number of hydrogen-bond acceptors (Lipinski definition) is 5. The highest BCUT2D eigenvalue weighted by atomic mass is 16.6. The molecule has 130 valence electrons. The van der Waals surface area contributed by atoms with Crippen LogP contribution in [0.15, 0.2) is 24.8 Å². The van der Waals surface area contributed by atoms with Crippen LogP contribution in [-0.2, 0) is 4.74 Å². The summed E-state index contributed by atoms with van der Waals surface area (Å²) in [4.78, 5) is 13.7. The zero-order valence-electron chi connectivity index (χ0n) is 13.9. The lowest BCUT2D eigenvalue weighted by Crippen LogP contribution is -2.48. The van der Waals surface area contributed by atoms with Gasteiger partial charge in [0.15, 0.2) is 0 Å². The van der Waals surface area contributed by atoms with Crippen LogP contribution in [0.1, 0.15) is 42.9 Å². The largest absolute Gasteiger partial charge is 0.381 e. The van der Waals surface area contributed by atoms with Crippen molar-refractivity contribution in [2.45, 2.75) is 43.8 Å². The van der Waals surface area contributed by atoms with E-state index in [1.54, 1.807) is 18.2 Å². The third kappa shape index (κ3) is 3.50. The summed E-state index contributed by atoms with van der Waals surface area (Å²) in [5.74, 6) is 0. The fourth-order valence-corrected chi connectivity index (χ4v) is 3.90. The van der Waals surface area contributed by atoms with Gasteiger partial charge in [0.05, 0.1) is 4.92 Å². The molecule has 3 rings (SSSR count). The lowest BCUT2D eigenvalue weighted by atomic mass is 9.88. The maximum absolute atomic E-state index is 11.5. The van der Waals surface area contributed by atoms with E-state index in [0.717, 1.165) is 56.6 Å². The number of piperidine rings is 1. The summed E-state index contributed by atoms with van der Waals surface area (Å²) in [5.41, 5.74) is 8.05. The van der Waals surface area contributed by atoms with Crippen LogP contribution in [0.25, 0.3) is 6.08 Å². The normalized spacial score (nSPS) is 26.2. The number of nitrogens with two attached hydrogens (primary N) is 1. The summed E-state index contributed by atoms with van der Waals surface area (Å²) in [6, 6.07) is 5.71. The van der Waals surface area contributed by atoms with E-state index in [0.29, 0.717) is 6.04 Å². The minimum atomic E-state index is -0.287. The Morgan fingerprint density at radius 3 is 2.75 bits per heavy atom. The summed E-state index contributed by atoms with van der Waals surface area (Å²) >= 11 is 0. The molecule has 2 fully saturated rings. The number of nitro benzene ring substituents is 1. The standard InChI is InChI=1S/C18H25N3O3/c1-2-13-3-4-17(21(22)23)16(11-13)18-12-14(19)5-8-20(18)15-6-9-24-10-7-15/h2-4,11,14-15,18H,1,5-10,12,19H2. The van der Waals surface area contributed by atoms with Crippen LogP contribution < -0.4 is 5.73 Å². The van der Waals surface area contributed by atoms with Gasteiger partial charge in [-0.15, -0.1) is 0 Å². The molecule has 2 unspecified atom stereocenters. The lowest BCUT2D eigenvalue weighted by Gasteiger charge is -2.44. The summed E-state index contributed by atoms with van der Waals surface area (Å²) in [6.45, 7) is 6.19. The van der Waals surface area contributed by atoms with Gasteiger partial charge in [0.1, 0.15) is 0 Å². The van der Waals surface area contributed by atoms with Crippen LogP contribution in [-0.4, -0.2) is 41.7 Å². The highest BCUT2D eigenvalue weighted by Gasteiger charge is 2.36. The summed E-state index contributed by atoms with van der Waals surface area (Å²) < 4.78 is 5.48. The fraction of sp³-hybridized carbons (Fsp3) is 0.556. The number of rotatable bonds is 4. The van der Waals surface area contributed by atoms with E-state index in [-0.39, 0.29) is 22.7 Å². The Morgan fingerprint density at radius 2 is 2.08 bits per heavy atom. The molecule has 2 aliphatic rings. The van der Waals surface area contributed by atoms with Crippen LogP contribution in [0.4, 0.5) is 5.69 Å². The molecule has 0 aliphatic carbocycles. The zero-order valence-corrected chi connectivity index (χ0v) is 13.9. The fourth-order valence-electron chi connectivity index (χ4n) is 3.90. The van der Waals surface area contributed by atoms with E-state index in [1.807, 2.05) is 6.07 Å². The molecule has 0 radical (unpaired) electrons. The molecule has 0 amide bonds. The minimum Gasteiger partial charge on any atom is -0.381 e. The second-order valence-corrected chi connectivity index (χ2v) is 6.66. The van der Waals surface area contributed by atoms with Gasteiger partial charge in [-0.3, -0.25) is 15.0 Å². The molecule has 2 aliphatic heterocycles. The summed E-state index contributed by atoms with van der Waals surface area (Å²) in [7, 11) is 0. The van der Waals surface area contributed by atoms with Gasteiger partial charge in [-0.25, -0.2) is 0 Å². The van der Waals surface area contributed by atoms with E-state index in [4.69, 9.17) is 10.5 Å². The second kappa shape index (κ2) is 7.42. The summed E-state index contributed by atoms with van der Waals surface area (Å²) in [5, 5.41) is 11.5. The first-order valence-electron chi connectivity index (χ1n) is 8.60. The van der Waals surface area contributed by atoms with Gasteiger partial charge in [-0.05, 0) is 43.4 Å². The van der Waals surface area contributed by atoms with Crippen molar-refractivity contribution in [1.82, 2.24) is 4.90 Å². The molecule has 2 saturated heterocycles. The zero-order chi connectivity index (χ0) is 17.1. The first kappa shape index (κ1) is 17.1. The third-order valence-corrected chi connectivity index (χ3v) is 5.19. The summed E-state index contributed by atoms with van der Waals surface area (Å²) in [6.07, 6.45) is 5.36. The van der Waals surface area contributed by atoms with Crippen molar-refractivity contribution in [3.63, 3.8) is 0 Å². The van der Waals surface area contributed by atoms with Gasteiger partial charge in [0, 0.05) is 49.5 Å². The van der Waals surface area contributed by atoms with E-state index >= 15 is 0 Å². The maximum atomic E-state index is 11.5. The third-order valence-electron chi connectivity index (χ3n) is 5.19. The highest BCUT2D eigenvalue weighted by Crippen LogP contribution is 2.39. The molecule has 6 nitrogen and oxygen atoms in total. The van der Waals surface area contributed by atoms with Crippen LogP contribution >= 0.6 is 0 Å². The van der Waals surface area contributed by atoms with Crippen molar-refractivity contribution in [3.05, 3.63) is 46.0 Å². The molecule has 6 heteroatoms. The quantitative estimate of drug-likeness (QED) is 0.677. The monoisotopic (exact) mass is 331 g/mol. The maximum Gasteiger partial charge on any atom is 0.274 e. The molecule has 24 heavy (non-hydrogen) atoms. The van der Waals surface area contributed by atoms with Crippen molar-refractivity contribution >= 4 is 11.8 Å². The van der Waals surface area contributed by atoms with Gasteiger partial charge in [0.25, 0.3) is 5.69 Å². The average Bonchev–Trinajstić information content (AvgIpc) is 2.61. The number of nitro groups is 1. The van der Waals surface area contributed by atoms with Gasteiger partial charge in [-0.2, -0.15) is 0 Å². The van der Waals surface area contributed by atoms with Crippen molar-refractivity contribution in [2.75, 3.05) is 19.8 Å². The van der Waals surface area contributed by atoms with Crippen molar-refractivity contribution in [2.24, 2.45) is 5.73 Å². The lowest BCUT2D eigenvalue weighted by molar-refractivity contribution is -0.386. The Bertz CT molecular complexity index is 614. The molecule has 0 saturated carbocycles. The molecule has 1 aromatic carbocycles. The van der Waals surface area contributed by atoms with E-state index in [1.165, 1.54) is 0 Å². The van der Waals surface area contributed by atoms with Gasteiger partial charge in [0.2, 0.25) is 0 Å². The predicted molar refractivity (Wildman–Crippen MR) is 93.7 cm³/mol. The van der Waals surface area contributed by atoms with Crippen LogP contribution in [0.5, 0.6) is 0 Å². The van der Waals surface area contributed by atoms with Gasteiger partial charge < -0.3 is 10.5 Å². The number of likely N-dealkylation sites (tertiary alicyclic amines) is 1. The molecule has 2 N–H and O–H groups in total. The minimum absolute atomic E-state index is 0.0165. The molecule has 0 aromatic heterocycles. The van der Waals surface area contributed by atoms with E-state index < -0.39 is 0 Å². The second-order valence-electron chi connectivity index (χ2n) is 6.66. The van der Waals surface area contributed by atoms with Crippen molar-refractivity contribution < 1.29 is 9.66 Å². The van der Waals surface area contributed by atoms with Crippen molar-refractivity contribution in [1.29, 1.82) is 0 Å². The Hall–Kier alpha value is -1.76. The van der Waals surface area contributed by atoms with Crippen LogP contribution in [0.2, 0.25) is 0 Å². The molecule has 2 atom stereocenters. The van der Waals surface area contributed by atoms with E-state index in [9.17, 15) is 10.1 Å². The topological polar surface area (TPSA) is 81.6 Å². The number of hydrogen-bond donors (Lipinski definition) is 1. The Morgan fingerprint density at radius 1 is 1.33 bits per heavy atom. The predicted octanol–water partition coefficient (Wildman–Crippen LogP) is 2.88. The first-order valence-corrected chi connectivity index (χ1v) is 8.60. The Balaban J connectivity index is 1.98. The number of benzene rings is 1.